The van der Waals surface area contributed by atoms with Crippen LogP contribution in [0.3, 0.4) is 0 Å². The summed E-state index contributed by atoms with van der Waals surface area (Å²) in [5.41, 5.74) is 2.56. The number of hydrogen-bond donors (Lipinski definition) is 2. The minimum absolute atomic E-state index is 0.261. The Morgan fingerprint density at radius 1 is 1.03 bits per heavy atom. The monoisotopic (exact) mass is 392 g/mol. The Balaban J connectivity index is 1.28. The van der Waals surface area contributed by atoms with Crippen LogP contribution in [0.4, 0.5) is 4.39 Å². The fraction of sp³-hybridized carbons (Fsp3) is 0.200. The zero-order valence-corrected chi connectivity index (χ0v) is 16.0. The molecule has 3 heterocycles. The summed E-state index contributed by atoms with van der Waals surface area (Å²) < 4.78 is 16.7. The highest BCUT2D eigenvalue weighted by Gasteiger charge is 2.06. The second-order valence-corrected chi connectivity index (χ2v) is 6.38. The first-order valence-corrected chi connectivity index (χ1v) is 9.26. The molecule has 3 aromatic heterocycles. The number of guanidine groups is 1. The molecule has 4 rings (SSSR count). The Morgan fingerprint density at radius 2 is 1.90 bits per heavy atom. The summed E-state index contributed by atoms with van der Waals surface area (Å²) in [4.78, 5) is 4.24. The Labute approximate surface area is 167 Å². The van der Waals surface area contributed by atoms with Crippen LogP contribution in [0.5, 0.6) is 0 Å². The van der Waals surface area contributed by atoms with Crippen molar-refractivity contribution in [3.8, 4) is 5.69 Å². The van der Waals surface area contributed by atoms with E-state index in [9.17, 15) is 4.39 Å². The highest BCUT2D eigenvalue weighted by Crippen LogP contribution is 2.09. The van der Waals surface area contributed by atoms with E-state index in [1.807, 2.05) is 41.1 Å². The summed E-state index contributed by atoms with van der Waals surface area (Å²) in [6, 6.07) is 14.0. The lowest BCUT2D eigenvalue weighted by molar-refractivity contribution is 0.627. The number of nitrogens with zero attached hydrogens (tertiary/aromatic N) is 6. The molecule has 0 spiro atoms. The number of hydrogen-bond acceptors (Lipinski definition) is 4. The van der Waals surface area contributed by atoms with E-state index in [-0.39, 0.29) is 5.82 Å². The number of aromatic nitrogens is 5. The predicted octanol–water partition coefficient (Wildman–Crippen LogP) is 1.96. The molecule has 1 aromatic carbocycles. The van der Waals surface area contributed by atoms with E-state index in [2.05, 4.69) is 30.9 Å². The zero-order chi connectivity index (χ0) is 20.1. The van der Waals surface area contributed by atoms with Gasteiger partial charge in [0.1, 0.15) is 5.82 Å². The Kier molecular flexibility index (Phi) is 5.46. The fourth-order valence-electron chi connectivity index (χ4n) is 2.94. The molecular weight excluding hydrogens is 371 g/mol. The lowest BCUT2D eigenvalue weighted by Gasteiger charge is -2.10. The van der Waals surface area contributed by atoms with Crippen LogP contribution >= 0.6 is 0 Å². The van der Waals surface area contributed by atoms with Crippen LogP contribution in [0.1, 0.15) is 11.5 Å². The van der Waals surface area contributed by atoms with Gasteiger partial charge in [-0.2, -0.15) is 5.10 Å². The molecule has 0 radical (unpaired) electrons. The number of aliphatic imine (C=N–C) groups is 1. The zero-order valence-electron chi connectivity index (χ0n) is 16.0. The highest BCUT2D eigenvalue weighted by molar-refractivity contribution is 5.79. The second-order valence-electron chi connectivity index (χ2n) is 6.38. The maximum absolute atomic E-state index is 13.0. The van der Waals surface area contributed by atoms with Crippen molar-refractivity contribution in [2.24, 2.45) is 4.99 Å². The average molecular weight is 392 g/mol. The van der Waals surface area contributed by atoms with Gasteiger partial charge in [0.15, 0.2) is 17.4 Å². The van der Waals surface area contributed by atoms with Crippen molar-refractivity contribution in [3.63, 3.8) is 0 Å². The van der Waals surface area contributed by atoms with Crippen LogP contribution in [-0.2, 0) is 13.0 Å². The van der Waals surface area contributed by atoms with Gasteiger partial charge < -0.3 is 10.6 Å². The standard InChI is InChI=1S/C20H21FN8/c1-22-20(24-14-19-26-25-18-4-2-3-12-28(18)19)23-11-9-16-10-13-29(27-16)17-7-5-15(21)6-8-17/h2-8,10,12-13H,9,11,14H2,1H3,(H2,22,23,24). The third kappa shape index (κ3) is 4.40. The van der Waals surface area contributed by atoms with Crippen LogP contribution < -0.4 is 10.6 Å². The molecule has 2 N–H and O–H groups in total. The van der Waals surface area contributed by atoms with Gasteiger partial charge in [-0.15, -0.1) is 10.2 Å². The molecular formula is C20H21FN8. The molecule has 0 amide bonds. The Morgan fingerprint density at radius 3 is 2.72 bits per heavy atom. The number of halogens is 1. The molecule has 0 aliphatic rings. The van der Waals surface area contributed by atoms with Gasteiger partial charge in [0.2, 0.25) is 0 Å². The molecule has 0 aliphatic carbocycles. The Hall–Kier alpha value is -3.75. The number of fused-ring (bicyclic) bond motifs is 1. The second kappa shape index (κ2) is 8.51. The van der Waals surface area contributed by atoms with Crippen molar-refractivity contribution in [1.82, 2.24) is 35.0 Å². The lowest BCUT2D eigenvalue weighted by atomic mass is 10.3. The molecule has 0 atom stereocenters. The van der Waals surface area contributed by atoms with Gasteiger partial charge in [-0.3, -0.25) is 9.39 Å². The van der Waals surface area contributed by atoms with E-state index < -0.39 is 0 Å². The summed E-state index contributed by atoms with van der Waals surface area (Å²) in [5.74, 6) is 1.22. The van der Waals surface area contributed by atoms with Gasteiger partial charge in [-0.1, -0.05) is 6.07 Å². The predicted molar refractivity (Wildman–Crippen MR) is 108 cm³/mol. The van der Waals surface area contributed by atoms with Crippen LogP contribution in [-0.4, -0.2) is 43.9 Å². The average Bonchev–Trinajstić information content (AvgIpc) is 3.38. The topological polar surface area (TPSA) is 84.4 Å². The third-order valence-electron chi connectivity index (χ3n) is 4.43. The third-order valence-corrected chi connectivity index (χ3v) is 4.43. The quantitative estimate of drug-likeness (QED) is 0.387. The molecule has 0 saturated heterocycles. The van der Waals surface area contributed by atoms with Gasteiger partial charge in [-0.05, 0) is 42.5 Å². The normalized spacial score (nSPS) is 11.7. The van der Waals surface area contributed by atoms with Crippen molar-refractivity contribution in [2.45, 2.75) is 13.0 Å². The van der Waals surface area contributed by atoms with Gasteiger partial charge in [0.25, 0.3) is 0 Å². The molecule has 8 nitrogen and oxygen atoms in total. The molecule has 29 heavy (non-hydrogen) atoms. The van der Waals surface area contributed by atoms with Gasteiger partial charge in [0, 0.05) is 32.4 Å². The van der Waals surface area contributed by atoms with Crippen molar-refractivity contribution in [1.29, 1.82) is 0 Å². The van der Waals surface area contributed by atoms with E-state index >= 15 is 0 Å². The summed E-state index contributed by atoms with van der Waals surface area (Å²) in [6.45, 7) is 1.17. The maximum Gasteiger partial charge on any atom is 0.191 e. The first kappa shape index (κ1) is 18.6. The maximum atomic E-state index is 13.0. The molecule has 9 heteroatoms. The van der Waals surface area contributed by atoms with Crippen LogP contribution in [0.25, 0.3) is 11.3 Å². The number of benzene rings is 1. The van der Waals surface area contributed by atoms with Gasteiger partial charge in [0.05, 0.1) is 17.9 Å². The molecule has 148 valence electrons. The minimum Gasteiger partial charge on any atom is -0.356 e. The van der Waals surface area contributed by atoms with E-state index in [1.54, 1.807) is 23.9 Å². The van der Waals surface area contributed by atoms with Crippen molar-refractivity contribution in [2.75, 3.05) is 13.6 Å². The molecule has 0 saturated carbocycles. The molecule has 4 aromatic rings. The summed E-state index contributed by atoms with van der Waals surface area (Å²) in [7, 11) is 1.72. The minimum atomic E-state index is -0.261. The summed E-state index contributed by atoms with van der Waals surface area (Å²) in [6.07, 6.45) is 4.52. The SMILES string of the molecule is CN=C(NCCc1ccn(-c2ccc(F)cc2)n1)NCc1nnc2ccccn12. The number of rotatable bonds is 6. The van der Waals surface area contributed by atoms with Crippen molar-refractivity contribution >= 4 is 11.6 Å². The molecule has 0 aliphatic heterocycles. The van der Waals surface area contributed by atoms with Gasteiger partial charge in [-0.25, -0.2) is 9.07 Å². The van der Waals surface area contributed by atoms with Gasteiger partial charge >= 0.3 is 0 Å². The molecule has 0 unspecified atom stereocenters. The smallest absolute Gasteiger partial charge is 0.191 e. The molecule has 0 bridgehead atoms. The molecule has 0 fully saturated rings. The summed E-state index contributed by atoms with van der Waals surface area (Å²) in [5, 5.41) is 19.4. The summed E-state index contributed by atoms with van der Waals surface area (Å²) >= 11 is 0. The van der Waals surface area contributed by atoms with Crippen molar-refractivity contribution < 1.29 is 4.39 Å². The van der Waals surface area contributed by atoms with Crippen molar-refractivity contribution in [3.05, 3.63) is 78.3 Å². The van der Waals surface area contributed by atoms with E-state index in [4.69, 9.17) is 0 Å². The fourth-order valence-corrected chi connectivity index (χ4v) is 2.94. The van der Waals surface area contributed by atoms with Crippen LogP contribution in [0, 0.1) is 5.82 Å². The van der Waals surface area contributed by atoms with E-state index in [0.717, 1.165) is 29.3 Å². The first-order chi connectivity index (χ1) is 14.2. The number of pyridine rings is 1. The largest absolute Gasteiger partial charge is 0.356 e. The highest BCUT2D eigenvalue weighted by atomic mass is 19.1. The van der Waals surface area contributed by atoms with Crippen LogP contribution in [0.2, 0.25) is 0 Å². The number of nitrogens with one attached hydrogen (secondary N) is 2. The first-order valence-electron chi connectivity index (χ1n) is 9.26. The lowest BCUT2D eigenvalue weighted by Crippen LogP contribution is -2.38. The Bertz CT molecular complexity index is 1110. The van der Waals surface area contributed by atoms with E-state index in [0.29, 0.717) is 19.0 Å². The van der Waals surface area contributed by atoms with E-state index in [1.165, 1.54) is 12.1 Å². The van der Waals surface area contributed by atoms with Crippen LogP contribution in [0.15, 0.2) is 65.9 Å².